The fraction of sp³-hybridized carbons (Fsp3) is 0.800. The van der Waals surface area contributed by atoms with Crippen molar-refractivity contribution >= 4 is 6.29 Å². The zero-order valence-corrected chi connectivity index (χ0v) is 5.00. The van der Waals surface area contributed by atoms with Crippen LogP contribution in [0.25, 0.3) is 0 Å². The molecule has 3 heteroatoms. The Morgan fingerprint density at radius 2 is 2.38 bits per heavy atom. The average Bonchev–Trinajstić information content (AvgIpc) is 1.68. The maximum atomic E-state index is 9.69. The first kappa shape index (κ1) is 7.59. The molecule has 0 radical (unpaired) electrons. The van der Waals surface area contributed by atoms with E-state index in [9.17, 15) is 4.79 Å². The molecule has 0 aliphatic carbocycles. The van der Waals surface area contributed by atoms with E-state index in [0.29, 0.717) is 12.8 Å². The second-order valence-electron chi connectivity index (χ2n) is 1.58. The van der Waals surface area contributed by atoms with Crippen LogP contribution in [0.4, 0.5) is 0 Å². The zero-order valence-electron chi connectivity index (χ0n) is 5.00. The van der Waals surface area contributed by atoms with Gasteiger partial charge in [-0.3, -0.25) is 0 Å². The second kappa shape index (κ2) is 4.74. The van der Waals surface area contributed by atoms with Gasteiger partial charge < -0.3 is 10.0 Å². The summed E-state index contributed by atoms with van der Waals surface area (Å²) in [6, 6.07) is 0. The number of hydrogen-bond donors (Lipinski definition) is 1. The molecule has 0 aliphatic rings. The van der Waals surface area contributed by atoms with E-state index in [-0.39, 0.29) is 6.54 Å². The molecule has 0 aromatic rings. The summed E-state index contributed by atoms with van der Waals surface area (Å²) in [4.78, 5) is 9.69. The largest absolute Gasteiger partial charge is 0.314 e. The molecule has 0 saturated heterocycles. The SMILES string of the molecule is CCCN(O)CC=O. The molecule has 3 nitrogen and oxygen atoms in total. The van der Waals surface area contributed by atoms with E-state index < -0.39 is 0 Å². The minimum absolute atomic E-state index is 0.119. The number of carbonyl (C=O) groups is 1. The normalized spacial score (nSPS) is 9.88. The van der Waals surface area contributed by atoms with E-state index in [1.54, 1.807) is 0 Å². The van der Waals surface area contributed by atoms with E-state index in [1.165, 1.54) is 0 Å². The Morgan fingerprint density at radius 3 is 2.75 bits per heavy atom. The van der Waals surface area contributed by atoms with Gasteiger partial charge in [-0.2, -0.15) is 5.06 Å². The Bertz CT molecular complexity index is 65.4. The van der Waals surface area contributed by atoms with Gasteiger partial charge in [0, 0.05) is 6.54 Å². The van der Waals surface area contributed by atoms with Gasteiger partial charge in [-0.05, 0) is 6.42 Å². The molecule has 0 aliphatic heterocycles. The first-order valence-electron chi connectivity index (χ1n) is 2.68. The van der Waals surface area contributed by atoms with Crippen molar-refractivity contribution in [2.45, 2.75) is 13.3 Å². The molecule has 0 unspecified atom stereocenters. The maximum Gasteiger partial charge on any atom is 0.136 e. The number of carbonyl (C=O) groups excluding carboxylic acids is 1. The highest BCUT2D eigenvalue weighted by Crippen LogP contribution is 1.80. The number of rotatable bonds is 4. The van der Waals surface area contributed by atoms with Gasteiger partial charge in [0.2, 0.25) is 0 Å². The number of hydrogen-bond acceptors (Lipinski definition) is 3. The molecular weight excluding hydrogens is 106 g/mol. The van der Waals surface area contributed by atoms with Crippen molar-refractivity contribution in [1.82, 2.24) is 5.06 Å². The molecule has 0 bridgehead atoms. The highest BCUT2D eigenvalue weighted by Gasteiger charge is 1.92. The standard InChI is InChI=1S/C5H11NO2/c1-2-3-6(8)4-5-7/h5,8H,2-4H2,1H3. The maximum absolute atomic E-state index is 9.69. The highest BCUT2D eigenvalue weighted by atomic mass is 16.5. The van der Waals surface area contributed by atoms with Crippen molar-refractivity contribution in [2.24, 2.45) is 0 Å². The third kappa shape index (κ3) is 3.77. The first-order chi connectivity index (χ1) is 3.81. The lowest BCUT2D eigenvalue weighted by Gasteiger charge is -2.07. The fourth-order valence-electron chi connectivity index (χ4n) is 0.435. The minimum Gasteiger partial charge on any atom is -0.314 e. The lowest BCUT2D eigenvalue weighted by atomic mass is 10.5. The van der Waals surface area contributed by atoms with Crippen LogP contribution in [0.3, 0.4) is 0 Å². The van der Waals surface area contributed by atoms with Gasteiger partial charge in [-0.1, -0.05) is 6.92 Å². The van der Waals surface area contributed by atoms with Crippen LogP contribution >= 0.6 is 0 Å². The molecule has 0 atom stereocenters. The summed E-state index contributed by atoms with van der Waals surface area (Å²) < 4.78 is 0. The Labute approximate surface area is 48.9 Å². The fourth-order valence-corrected chi connectivity index (χ4v) is 0.435. The first-order valence-corrected chi connectivity index (χ1v) is 2.68. The lowest BCUT2D eigenvalue weighted by molar-refractivity contribution is -0.125. The number of nitrogens with zero attached hydrogens (tertiary/aromatic N) is 1. The zero-order chi connectivity index (χ0) is 6.41. The van der Waals surface area contributed by atoms with Crippen molar-refractivity contribution in [1.29, 1.82) is 0 Å². The molecule has 0 rings (SSSR count). The molecule has 0 saturated carbocycles. The summed E-state index contributed by atoms with van der Waals surface area (Å²) in [6.45, 7) is 2.63. The van der Waals surface area contributed by atoms with E-state index in [4.69, 9.17) is 5.21 Å². The molecule has 48 valence electrons. The summed E-state index contributed by atoms with van der Waals surface area (Å²) in [7, 11) is 0. The third-order valence-corrected chi connectivity index (χ3v) is 0.767. The summed E-state index contributed by atoms with van der Waals surface area (Å²) in [5.41, 5.74) is 0. The van der Waals surface area contributed by atoms with Crippen molar-refractivity contribution in [3.8, 4) is 0 Å². The summed E-state index contributed by atoms with van der Waals surface area (Å²) in [5, 5.41) is 9.64. The van der Waals surface area contributed by atoms with Crippen LogP contribution in [0.1, 0.15) is 13.3 Å². The monoisotopic (exact) mass is 117 g/mol. The highest BCUT2D eigenvalue weighted by molar-refractivity contribution is 5.51. The van der Waals surface area contributed by atoms with Gasteiger partial charge in [0.25, 0.3) is 0 Å². The van der Waals surface area contributed by atoms with Gasteiger partial charge in [-0.25, -0.2) is 0 Å². The molecule has 0 fully saturated rings. The van der Waals surface area contributed by atoms with Gasteiger partial charge in [0.1, 0.15) is 6.29 Å². The lowest BCUT2D eigenvalue weighted by Crippen LogP contribution is -2.21. The predicted octanol–water partition coefficient (Wildman–Crippen LogP) is 0.286. The minimum atomic E-state index is 0.119. The third-order valence-electron chi connectivity index (χ3n) is 0.767. The Kier molecular flexibility index (Phi) is 4.50. The van der Waals surface area contributed by atoms with E-state index in [1.807, 2.05) is 6.92 Å². The van der Waals surface area contributed by atoms with Crippen LogP contribution < -0.4 is 0 Å². The van der Waals surface area contributed by atoms with E-state index in [2.05, 4.69) is 0 Å². The van der Waals surface area contributed by atoms with E-state index in [0.717, 1.165) is 11.5 Å². The Balaban J connectivity index is 3.03. The molecule has 0 amide bonds. The molecule has 0 heterocycles. The molecule has 1 N–H and O–H groups in total. The van der Waals surface area contributed by atoms with Crippen LogP contribution in [0, 0.1) is 0 Å². The van der Waals surface area contributed by atoms with Crippen LogP contribution in [0.5, 0.6) is 0 Å². The summed E-state index contributed by atoms with van der Waals surface area (Å²) in [5.74, 6) is 0. The molecule has 0 aromatic heterocycles. The van der Waals surface area contributed by atoms with Crippen molar-refractivity contribution in [3.63, 3.8) is 0 Å². The smallest absolute Gasteiger partial charge is 0.136 e. The average molecular weight is 117 g/mol. The van der Waals surface area contributed by atoms with Crippen molar-refractivity contribution < 1.29 is 10.0 Å². The van der Waals surface area contributed by atoms with Gasteiger partial charge >= 0.3 is 0 Å². The summed E-state index contributed by atoms with van der Waals surface area (Å²) >= 11 is 0. The van der Waals surface area contributed by atoms with Crippen LogP contribution in [0.2, 0.25) is 0 Å². The number of aldehydes is 1. The predicted molar refractivity (Wildman–Crippen MR) is 29.7 cm³/mol. The second-order valence-corrected chi connectivity index (χ2v) is 1.58. The van der Waals surface area contributed by atoms with Crippen molar-refractivity contribution in [3.05, 3.63) is 0 Å². The molecular formula is C5H11NO2. The summed E-state index contributed by atoms with van der Waals surface area (Å²) in [6.07, 6.45) is 1.54. The van der Waals surface area contributed by atoms with Gasteiger partial charge in [0.15, 0.2) is 0 Å². The van der Waals surface area contributed by atoms with E-state index >= 15 is 0 Å². The Hall–Kier alpha value is -0.410. The van der Waals surface area contributed by atoms with Crippen molar-refractivity contribution in [2.75, 3.05) is 13.1 Å². The quantitative estimate of drug-likeness (QED) is 0.425. The van der Waals surface area contributed by atoms with Crippen LogP contribution in [-0.4, -0.2) is 29.6 Å². The topological polar surface area (TPSA) is 40.5 Å². The van der Waals surface area contributed by atoms with Gasteiger partial charge in [0.05, 0.1) is 6.54 Å². The van der Waals surface area contributed by atoms with Gasteiger partial charge in [-0.15, -0.1) is 0 Å². The van der Waals surface area contributed by atoms with Crippen LogP contribution in [-0.2, 0) is 4.79 Å². The molecule has 0 spiro atoms. The van der Waals surface area contributed by atoms with Crippen LogP contribution in [0.15, 0.2) is 0 Å². The number of hydroxylamine groups is 2. The molecule has 8 heavy (non-hydrogen) atoms. The Morgan fingerprint density at radius 1 is 1.75 bits per heavy atom. The molecule has 0 aromatic carbocycles.